The smallest absolute Gasteiger partial charge is 0.143 e. The number of anilines is 3. The van der Waals surface area contributed by atoms with Crippen molar-refractivity contribution in [2.75, 3.05) is 4.90 Å². The predicted molar refractivity (Wildman–Crippen MR) is 212 cm³/mol. The molecule has 0 N–H and O–H groups in total. The molecule has 1 heterocycles. The molecule has 1 aromatic heterocycles. The molecular weight excluding hydrogens is 607 g/mol. The highest BCUT2D eigenvalue weighted by Crippen LogP contribution is 2.43. The summed E-state index contributed by atoms with van der Waals surface area (Å²) in [5.74, 6) is 0. The van der Waals surface area contributed by atoms with E-state index in [1.807, 2.05) is 12.1 Å². The number of hydrogen-bond acceptors (Lipinski definition) is 2. The molecule has 2 heteroatoms. The number of benzene rings is 9. The van der Waals surface area contributed by atoms with Crippen LogP contribution in [0, 0.1) is 0 Å². The lowest BCUT2D eigenvalue weighted by Gasteiger charge is -2.27. The second-order valence-electron chi connectivity index (χ2n) is 12.9. The number of rotatable bonds is 5. The van der Waals surface area contributed by atoms with Gasteiger partial charge in [0.1, 0.15) is 11.2 Å². The van der Waals surface area contributed by atoms with Crippen LogP contribution in [-0.2, 0) is 0 Å². The Bertz CT molecular complexity index is 2870. The molecular formula is C48H31NO. The van der Waals surface area contributed by atoms with Crippen molar-refractivity contribution < 1.29 is 4.42 Å². The molecule has 0 saturated carbocycles. The zero-order valence-corrected chi connectivity index (χ0v) is 27.3. The van der Waals surface area contributed by atoms with Crippen LogP contribution in [0.25, 0.3) is 76.5 Å². The molecule has 0 atom stereocenters. The Kier molecular flexibility index (Phi) is 6.53. The Labute approximate surface area is 290 Å². The number of para-hydroxylation sites is 1. The van der Waals surface area contributed by atoms with E-state index < -0.39 is 0 Å². The molecule has 0 spiro atoms. The van der Waals surface area contributed by atoms with Crippen LogP contribution in [-0.4, -0.2) is 0 Å². The lowest BCUT2D eigenvalue weighted by atomic mass is 9.97. The number of hydrogen-bond donors (Lipinski definition) is 0. The molecule has 10 aromatic rings. The van der Waals surface area contributed by atoms with Crippen molar-refractivity contribution in [2.45, 2.75) is 0 Å². The summed E-state index contributed by atoms with van der Waals surface area (Å²) in [5, 5.41) is 9.59. The monoisotopic (exact) mass is 637 g/mol. The van der Waals surface area contributed by atoms with Crippen LogP contribution in [0.1, 0.15) is 0 Å². The summed E-state index contributed by atoms with van der Waals surface area (Å²) in [6, 6.07) is 67.5. The summed E-state index contributed by atoms with van der Waals surface area (Å²) in [5.41, 5.74) is 9.85. The summed E-state index contributed by atoms with van der Waals surface area (Å²) < 4.78 is 6.49. The predicted octanol–water partition coefficient (Wildman–Crippen LogP) is 13.8. The maximum absolute atomic E-state index is 6.49. The van der Waals surface area contributed by atoms with Gasteiger partial charge in [-0.1, -0.05) is 140 Å². The van der Waals surface area contributed by atoms with Gasteiger partial charge in [-0.25, -0.2) is 0 Å². The molecule has 234 valence electrons. The molecule has 50 heavy (non-hydrogen) atoms. The Morgan fingerprint density at radius 3 is 1.82 bits per heavy atom. The van der Waals surface area contributed by atoms with Crippen molar-refractivity contribution in [3.63, 3.8) is 0 Å². The Morgan fingerprint density at radius 1 is 0.320 bits per heavy atom. The topological polar surface area (TPSA) is 16.4 Å². The summed E-state index contributed by atoms with van der Waals surface area (Å²) in [6.45, 7) is 0. The van der Waals surface area contributed by atoms with Gasteiger partial charge in [0.2, 0.25) is 0 Å². The third kappa shape index (κ3) is 4.65. The van der Waals surface area contributed by atoms with Crippen molar-refractivity contribution in [3.05, 3.63) is 188 Å². The number of furan rings is 1. The molecule has 0 fully saturated rings. The van der Waals surface area contributed by atoms with E-state index in [2.05, 4.69) is 181 Å². The van der Waals surface area contributed by atoms with Gasteiger partial charge in [0, 0.05) is 32.9 Å². The van der Waals surface area contributed by atoms with Crippen LogP contribution >= 0.6 is 0 Å². The third-order valence-electron chi connectivity index (χ3n) is 10.0. The maximum Gasteiger partial charge on any atom is 0.143 e. The highest BCUT2D eigenvalue weighted by Gasteiger charge is 2.19. The number of nitrogens with zero attached hydrogens (tertiary/aromatic N) is 1. The molecule has 0 saturated heterocycles. The normalized spacial score (nSPS) is 11.6. The van der Waals surface area contributed by atoms with Gasteiger partial charge >= 0.3 is 0 Å². The lowest BCUT2D eigenvalue weighted by Crippen LogP contribution is -2.10. The van der Waals surface area contributed by atoms with E-state index in [0.717, 1.165) is 49.8 Å². The van der Waals surface area contributed by atoms with Crippen LogP contribution in [0.3, 0.4) is 0 Å². The quantitative estimate of drug-likeness (QED) is 0.175. The van der Waals surface area contributed by atoms with E-state index in [0.29, 0.717) is 0 Å². The van der Waals surface area contributed by atoms with Gasteiger partial charge < -0.3 is 9.32 Å². The second kappa shape index (κ2) is 11.5. The summed E-state index contributed by atoms with van der Waals surface area (Å²) in [4.78, 5) is 2.37. The zero-order valence-electron chi connectivity index (χ0n) is 27.3. The van der Waals surface area contributed by atoms with Crippen molar-refractivity contribution in [3.8, 4) is 22.3 Å². The first kappa shape index (κ1) is 28.4. The van der Waals surface area contributed by atoms with Gasteiger partial charge in [0.15, 0.2) is 0 Å². The molecule has 0 aliphatic carbocycles. The Morgan fingerprint density at radius 2 is 0.920 bits per heavy atom. The van der Waals surface area contributed by atoms with Crippen molar-refractivity contribution in [1.82, 2.24) is 0 Å². The van der Waals surface area contributed by atoms with Crippen LogP contribution in [0.5, 0.6) is 0 Å². The standard InChI is InChI=1S/C48H31NO/c1-2-10-32(11-3-1)35-13-8-14-39(31-35)49(46-18-9-17-44-42(46)28-29-45-43-16-6-7-19-47(43)50-48(44)45)38-25-22-33(23-26-38)36-24-27-41-37(30-36)21-20-34-12-4-5-15-40(34)41/h1-31H. The summed E-state index contributed by atoms with van der Waals surface area (Å²) >= 11 is 0. The van der Waals surface area contributed by atoms with Crippen LogP contribution < -0.4 is 4.90 Å². The number of fused-ring (bicyclic) bond motifs is 8. The van der Waals surface area contributed by atoms with E-state index in [1.165, 1.54) is 43.8 Å². The van der Waals surface area contributed by atoms with Crippen molar-refractivity contribution in [1.29, 1.82) is 0 Å². The average molecular weight is 638 g/mol. The maximum atomic E-state index is 6.49. The molecule has 10 rings (SSSR count). The minimum atomic E-state index is 0.908. The third-order valence-corrected chi connectivity index (χ3v) is 10.0. The average Bonchev–Trinajstić information content (AvgIpc) is 3.58. The van der Waals surface area contributed by atoms with Gasteiger partial charge in [-0.2, -0.15) is 0 Å². The van der Waals surface area contributed by atoms with Crippen LogP contribution in [0.15, 0.2) is 192 Å². The fourth-order valence-corrected chi connectivity index (χ4v) is 7.60. The van der Waals surface area contributed by atoms with E-state index in [4.69, 9.17) is 4.42 Å². The van der Waals surface area contributed by atoms with E-state index >= 15 is 0 Å². The van der Waals surface area contributed by atoms with Gasteiger partial charge in [-0.05, 0) is 92.3 Å². The van der Waals surface area contributed by atoms with Crippen molar-refractivity contribution >= 4 is 71.3 Å². The Balaban J connectivity index is 1.13. The van der Waals surface area contributed by atoms with E-state index in [9.17, 15) is 0 Å². The summed E-state index contributed by atoms with van der Waals surface area (Å²) in [6.07, 6.45) is 0. The fourth-order valence-electron chi connectivity index (χ4n) is 7.60. The van der Waals surface area contributed by atoms with Crippen molar-refractivity contribution in [2.24, 2.45) is 0 Å². The lowest BCUT2D eigenvalue weighted by molar-refractivity contribution is 0.672. The minimum absolute atomic E-state index is 0.908. The van der Waals surface area contributed by atoms with Gasteiger partial charge in [-0.3, -0.25) is 0 Å². The molecule has 0 aliphatic heterocycles. The largest absolute Gasteiger partial charge is 0.455 e. The molecule has 0 amide bonds. The first-order chi connectivity index (χ1) is 24.8. The molecule has 2 nitrogen and oxygen atoms in total. The SMILES string of the molecule is c1ccc(-c2cccc(N(c3ccc(-c4ccc5c(ccc6ccccc65)c4)cc3)c3cccc4c3ccc3c5ccccc5oc43)c2)cc1. The minimum Gasteiger partial charge on any atom is -0.455 e. The van der Waals surface area contributed by atoms with Crippen LogP contribution in [0.4, 0.5) is 17.1 Å². The second-order valence-corrected chi connectivity index (χ2v) is 12.9. The molecule has 0 aliphatic rings. The molecule has 0 radical (unpaired) electrons. The fraction of sp³-hybridized carbons (Fsp3) is 0. The van der Waals surface area contributed by atoms with Crippen LogP contribution in [0.2, 0.25) is 0 Å². The van der Waals surface area contributed by atoms with Gasteiger partial charge in [0.05, 0.1) is 5.69 Å². The zero-order chi connectivity index (χ0) is 33.0. The Hall–Kier alpha value is -6.64. The highest BCUT2D eigenvalue weighted by molar-refractivity contribution is 6.17. The first-order valence-electron chi connectivity index (χ1n) is 17.1. The van der Waals surface area contributed by atoms with Gasteiger partial charge in [0.25, 0.3) is 0 Å². The van der Waals surface area contributed by atoms with E-state index in [1.54, 1.807) is 0 Å². The first-order valence-corrected chi connectivity index (χ1v) is 17.1. The summed E-state index contributed by atoms with van der Waals surface area (Å²) in [7, 11) is 0. The molecule has 9 aromatic carbocycles. The molecule has 0 unspecified atom stereocenters. The van der Waals surface area contributed by atoms with Gasteiger partial charge in [-0.15, -0.1) is 0 Å². The molecule has 0 bridgehead atoms. The highest BCUT2D eigenvalue weighted by atomic mass is 16.3. The van der Waals surface area contributed by atoms with E-state index in [-0.39, 0.29) is 0 Å².